The molecule has 2 aliphatic heterocycles. The Morgan fingerprint density at radius 3 is 1.91 bits per heavy atom. The monoisotopic (exact) mass is 358 g/mol. The summed E-state index contributed by atoms with van der Waals surface area (Å²) < 4.78 is 15.5. The molecular weight excluding hydrogens is 336 g/mol. The van der Waals surface area contributed by atoms with E-state index < -0.39 is 73.8 Å². The minimum Gasteiger partial charge on any atom is -0.394 e. The second kappa shape index (κ2) is 7.89. The van der Waals surface area contributed by atoms with Crippen LogP contribution >= 0.6 is 12.6 Å². The first-order valence-corrected chi connectivity index (χ1v) is 7.60. The summed E-state index contributed by atoms with van der Waals surface area (Å²) in [5.41, 5.74) is 0. The lowest BCUT2D eigenvalue weighted by Gasteiger charge is -2.45. The van der Waals surface area contributed by atoms with Crippen molar-refractivity contribution in [1.29, 1.82) is 0 Å². The van der Waals surface area contributed by atoms with E-state index in [2.05, 4.69) is 12.6 Å². The zero-order valence-corrected chi connectivity index (χ0v) is 12.9. The summed E-state index contributed by atoms with van der Waals surface area (Å²) in [4.78, 5) is 0. The summed E-state index contributed by atoms with van der Waals surface area (Å²) >= 11 is 4.06. The average molecular weight is 358 g/mol. The topological polar surface area (TPSA) is 169 Å². The molecule has 0 saturated carbocycles. The van der Waals surface area contributed by atoms with Crippen LogP contribution in [0.4, 0.5) is 0 Å². The van der Waals surface area contributed by atoms with Gasteiger partial charge in [0, 0.05) is 0 Å². The summed E-state index contributed by atoms with van der Waals surface area (Å²) in [5.74, 6) is 0. The molecule has 0 aromatic rings. The van der Waals surface area contributed by atoms with E-state index in [0.717, 1.165) is 0 Å². The summed E-state index contributed by atoms with van der Waals surface area (Å²) in [6.45, 7) is -1.22. The molecule has 2 heterocycles. The first-order valence-electron chi connectivity index (χ1n) is 7.08. The van der Waals surface area contributed by atoms with Crippen molar-refractivity contribution in [1.82, 2.24) is 0 Å². The Hall–Kier alpha value is -0.0500. The highest BCUT2D eigenvalue weighted by atomic mass is 32.1. The third kappa shape index (κ3) is 3.80. The Morgan fingerprint density at radius 2 is 1.35 bits per heavy atom. The van der Waals surface area contributed by atoms with Crippen molar-refractivity contribution in [2.75, 3.05) is 13.2 Å². The van der Waals surface area contributed by atoms with Gasteiger partial charge in [0.25, 0.3) is 0 Å². The van der Waals surface area contributed by atoms with E-state index in [1.54, 1.807) is 0 Å². The predicted molar refractivity (Wildman–Crippen MR) is 75.4 cm³/mol. The highest BCUT2D eigenvalue weighted by Gasteiger charge is 2.49. The molecule has 2 fully saturated rings. The minimum atomic E-state index is -1.66. The van der Waals surface area contributed by atoms with Crippen molar-refractivity contribution < 1.29 is 50.0 Å². The lowest BCUT2D eigenvalue weighted by molar-refractivity contribution is -0.334. The van der Waals surface area contributed by atoms with Crippen molar-refractivity contribution in [2.45, 2.75) is 60.6 Å². The van der Waals surface area contributed by atoms with Crippen molar-refractivity contribution in [3.05, 3.63) is 0 Å². The van der Waals surface area contributed by atoms with Crippen LogP contribution in [0.2, 0.25) is 0 Å². The molecule has 2 rings (SSSR count). The Labute approximate surface area is 137 Å². The Bertz CT molecular complexity index is 385. The van der Waals surface area contributed by atoms with Crippen LogP contribution in [0, 0.1) is 0 Å². The summed E-state index contributed by atoms with van der Waals surface area (Å²) in [6, 6.07) is 0. The van der Waals surface area contributed by atoms with Gasteiger partial charge in [0.15, 0.2) is 12.6 Å². The fourth-order valence-corrected chi connectivity index (χ4v) is 2.88. The second-order valence-electron chi connectivity index (χ2n) is 5.53. The molecule has 0 aromatic heterocycles. The SMILES string of the molecule is OC[C@H]1O[C@H](O[C@H]2[C@H](O)[C@@H](CO)O[C@H](O)[C@H]2S)[C@@H](O)[C@@H](O)[C@@H]1O. The molecule has 0 aliphatic carbocycles. The molecule has 0 bridgehead atoms. The molecule has 2 saturated heterocycles. The standard InChI is InChI=1S/C12H22O10S/c13-1-3-5(15)7(17)8(18)12(21-3)22-9-6(16)4(2-14)20-11(19)10(9)23/h3-19,23H,1-2H2/t3-,4-,5-,6-,7+,8+,9+,10+,11+,12-/m1/s1. The van der Waals surface area contributed by atoms with E-state index in [-0.39, 0.29) is 0 Å². The number of hydrogen-bond donors (Lipinski definition) is 8. The number of aliphatic hydroxyl groups is 7. The molecular formula is C12H22O10S. The van der Waals surface area contributed by atoms with Crippen molar-refractivity contribution in [2.24, 2.45) is 0 Å². The Balaban J connectivity index is 2.11. The molecule has 11 heteroatoms. The van der Waals surface area contributed by atoms with Crippen LogP contribution in [0.5, 0.6) is 0 Å². The first-order chi connectivity index (χ1) is 10.8. The van der Waals surface area contributed by atoms with Crippen molar-refractivity contribution >= 4 is 12.6 Å². The van der Waals surface area contributed by atoms with Crippen LogP contribution in [0.3, 0.4) is 0 Å². The number of hydrogen-bond acceptors (Lipinski definition) is 11. The lowest BCUT2D eigenvalue weighted by Crippen LogP contribution is -2.63. The smallest absolute Gasteiger partial charge is 0.187 e. The van der Waals surface area contributed by atoms with Gasteiger partial charge in [0.05, 0.1) is 18.5 Å². The number of aliphatic hydroxyl groups excluding tert-OH is 7. The highest BCUT2D eigenvalue weighted by molar-refractivity contribution is 7.81. The zero-order valence-electron chi connectivity index (χ0n) is 12.0. The van der Waals surface area contributed by atoms with E-state index in [4.69, 9.17) is 24.4 Å². The molecule has 136 valence electrons. The van der Waals surface area contributed by atoms with Gasteiger partial charge in [0.2, 0.25) is 0 Å². The zero-order chi connectivity index (χ0) is 17.3. The van der Waals surface area contributed by atoms with Gasteiger partial charge in [-0.3, -0.25) is 0 Å². The highest BCUT2D eigenvalue weighted by Crippen LogP contribution is 2.30. The molecule has 10 atom stereocenters. The van der Waals surface area contributed by atoms with Crippen LogP contribution in [0.1, 0.15) is 0 Å². The van der Waals surface area contributed by atoms with Gasteiger partial charge in [-0.1, -0.05) is 0 Å². The van der Waals surface area contributed by atoms with E-state index in [1.165, 1.54) is 0 Å². The molecule has 2 aliphatic rings. The van der Waals surface area contributed by atoms with Crippen LogP contribution in [0.25, 0.3) is 0 Å². The van der Waals surface area contributed by atoms with Crippen LogP contribution in [-0.2, 0) is 14.2 Å². The van der Waals surface area contributed by atoms with Gasteiger partial charge in [-0.2, -0.15) is 12.6 Å². The summed E-state index contributed by atoms with van der Waals surface area (Å²) in [7, 11) is 0. The number of thiol groups is 1. The number of rotatable bonds is 4. The summed E-state index contributed by atoms with van der Waals surface area (Å²) in [6.07, 6.45) is -12.7. The van der Waals surface area contributed by atoms with Crippen LogP contribution in [0.15, 0.2) is 0 Å². The van der Waals surface area contributed by atoms with E-state index in [1.807, 2.05) is 0 Å². The molecule has 0 spiro atoms. The van der Waals surface area contributed by atoms with Gasteiger partial charge in [-0.25, -0.2) is 0 Å². The molecule has 0 radical (unpaired) electrons. The second-order valence-corrected chi connectivity index (χ2v) is 6.12. The fourth-order valence-electron chi connectivity index (χ4n) is 2.56. The van der Waals surface area contributed by atoms with E-state index in [0.29, 0.717) is 0 Å². The lowest BCUT2D eigenvalue weighted by atomic mass is 9.98. The van der Waals surface area contributed by atoms with E-state index >= 15 is 0 Å². The molecule has 10 nitrogen and oxygen atoms in total. The largest absolute Gasteiger partial charge is 0.394 e. The Kier molecular flexibility index (Phi) is 6.61. The maximum atomic E-state index is 10.1. The molecule has 0 amide bonds. The Morgan fingerprint density at radius 1 is 0.783 bits per heavy atom. The third-order valence-electron chi connectivity index (χ3n) is 3.98. The minimum absolute atomic E-state index is 0.590. The van der Waals surface area contributed by atoms with E-state index in [9.17, 15) is 25.5 Å². The van der Waals surface area contributed by atoms with Gasteiger partial charge < -0.3 is 50.0 Å². The average Bonchev–Trinajstić information content (AvgIpc) is 2.54. The molecule has 23 heavy (non-hydrogen) atoms. The molecule has 0 aromatic carbocycles. The normalized spacial score (nSPS) is 51.7. The van der Waals surface area contributed by atoms with Crippen LogP contribution < -0.4 is 0 Å². The fraction of sp³-hybridized carbons (Fsp3) is 1.00. The summed E-state index contributed by atoms with van der Waals surface area (Å²) in [5, 5.41) is 66.4. The van der Waals surface area contributed by atoms with Crippen LogP contribution in [-0.4, -0.2) is 110 Å². The maximum absolute atomic E-state index is 10.1. The maximum Gasteiger partial charge on any atom is 0.187 e. The van der Waals surface area contributed by atoms with Gasteiger partial charge in [-0.05, 0) is 0 Å². The van der Waals surface area contributed by atoms with Crippen molar-refractivity contribution in [3.8, 4) is 0 Å². The molecule has 7 N–H and O–H groups in total. The predicted octanol–water partition coefficient (Wildman–Crippen LogP) is -4.46. The first kappa shape index (κ1) is 19.3. The quantitative estimate of drug-likeness (QED) is 0.229. The van der Waals surface area contributed by atoms with Gasteiger partial charge >= 0.3 is 0 Å². The molecule has 0 unspecified atom stereocenters. The van der Waals surface area contributed by atoms with Gasteiger partial charge in [-0.15, -0.1) is 0 Å². The number of ether oxygens (including phenoxy) is 3. The van der Waals surface area contributed by atoms with Gasteiger partial charge in [0.1, 0.15) is 42.7 Å². The van der Waals surface area contributed by atoms with Crippen molar-refractivity contribution in [3.63, 3.8) is 0 Å². The third-order valence-corrected chi connectivity index (χ3v) is 4.53.